The number of aryl methyl sites for hydroxylation is 1. The maximum Gasteiger partial charge on any atom is 0.257 e. The summed E-state index contributed by atoms with van der Waals surface area (Å²) in [5, 5.41) is 6.45. The number of anilines is 1. The highest BCUT2D eigenvalue weighted by Crippen LogP contribution is 2.30. The molecule has 0 aliphatic carbocycles. The second kappa shape index (κ2) is 8.03. The number of fused-ring (bicyclic) bond motifs is 1. The van der Waals surface area contributed by atoms with Gasteiger partial charge in [-0.1, -0.05) is 41.9 Å². The third-order valence-corrected chi connectivity index (χ3v) is 4.90. The van der Waals surface area contributed by atoms with Crippen molar-refractivity contribution in [3.63, 3.8) is 0 Å². The Kier molecular flexibility index (Phi) is 5.29. The highest BCUT2D eigenvalue weighted by molar-refractivity contribution is 7.80. The molecule has 0 spiro atoms. The van der Waals surface area contributed by atoms with Crippen LogP contribution in [-0.2, 0) is 0 Å². The molecule has 3 aromatic carbocycles. The van der Waals surface area contributed by atoms with E-state index in [1.165, 1.54) is 0 Å². The first-order valence-corrected chi connectivity index (χ1v) is 9.63. The number of thiocarbonyl (C=S) groups is 1. The van der Waals surface area contributed by atoms with Gasteiger partial charge in [0.25, 0.3) is 5.91 Å². The summed E-state index contributed by atoms with van der Waals surface area (Å²) in [6, 6.07) is 20.1. The number of nitrogens with zero attached hydrogens (tertiary/aromatic N) is 1. The summed E-state index contributed by atoms with van der Waals surface area (Å²) in [6.07, 6.45) is 0. The van der Waals surface area contributed by atoms with Gasteiger partial charge in [-0.05, 0) is 55.0 Å². The Bertz CT molecular complexity index is 1240. The molecule has 4 rings (SSSR count). The fraction of sp³-hybridized carbons (Fsp3) is 0.0455. The minimum absolute atomic E-state index is 0.198. The summed E-state index contributed by atoms with van der Waals surface area (Å²) >= 11 is 11.5. The van der Waals surface area contributed by atoms with Crippen LogP contribution in [0.4, 0.5) is 5.69 Å². The van der Waals surface area contributed by atoms with Gasteiger partial charge in [-0.3, -0.25) is 10.1 Å². The van der Waals surface area contributed by atoms with Crippen LogP contribution in [0.15, 0.2) is 71.1 Å². The van der Waals surface area contributed by atoms with E-state index in [0.717, 1.165) is 11.1 Å². The molecule has 5 nitrogen and oxygen atoms in total. The highest BCUT2D eigenvalue weighted by Gasteiger charge is 2.13. The molecule has 0 fully saturated rings. The van der Waals surface area contributed by atoms with Crippen LogP contribution in [0.2, 0.25) is 5.02 Å². The normalized spacial score (nSPS) is 10.7. The van der Waals surface area contributed by atoms with E-state index in [4.69, 9.17) is 28.2 Å². The van der Waals surface area contributed by atoms with Gasteiger partial charge in [-0.25, -0.2) is 4.98 Å². The summed E-state index contributed by atoms with van der Waals surface area (Å²) in [4.78, 5) is 16.9. The van der Waals surface area contributed by atoms with Crippen LogP contribution in [0.25, 0.3) is 22.6 Å². The molecule has 1 amide bonds. The lowest BCUT2D eigenvalue weighted by Gasteiger charge is -2.10. The molecule has 144 valence electrons. The summed E-state index contributed by atoms with van der Waals surface area (Å²) in [6.45, 7) is 1.87. The van der Waals surface area contributed by atoms with E-state index in [0.29, 0.717) is 33.3 Å². The topological polar surface area (TPSA) is 67.2 Å². The van der Waals surface area contributed by atoms with Crippen LogP contribution >= 0.6 is 23.8 Å². The zero-order valence-corrected chi connectivity index (χ0v) is 17.0. The fourth-order valence-electron chi connectivity index (χ4n) is 2.91. The van der Waals surface area contributed by atoms with Gasteiger partial charge in [0.1, 0.15) is 5.52 Å². The molecule has 1 aromatic heterocycles. The van der Waals surface area contributed by atoms with Gasteiger partial charge in [0.15, 0.2) is 10.7 Å². The standard InChI is InChI=1S/C22H16ClN3O2S/c1-13-6-2-3-7-15(13)20(27)26-22(29)24-14-10-11-18-19(12-14)28-21(25-18)16-8-4-5-9-17(16)23/h2-12H,1H3,(H2,24,26,27,29). The lowest BCUT2D eigenvalue weighted by atomic mass is 10.1. The summed E-state index contributed by atoms with van der Waals surface area (Å²) in [7, 11) is 0. The number of hydrogen-bond donors (Lipinski definition) is 2. The van der Waals surface area contributed by atoms with Gasteiger partial charge in [0, 0.05) is 17.3 Å². The van der Waals surface area contributed by atoms with Crippen LogP contribution in [0.5, 0.6) is 0 Å². The molecule has 0 saturated carbocycles. The lowest BCUT2D eigenvalue weighted by molar-refractivity contribution is 0.0977. The Balaban J connectivity index is 1.51. The van der Waals surface area contributed by atoms with E-state index in [2.05, 4.69) is 15.6 Å². The Morgan fingerprint density at radius 1 is 1.07 bits per heavy atom. The smallest absolute Gasteiger partial charge is 0.257 e. The van der Waals surface area contributed by atoms with Crippen molar-refractivity contribution in [1.82, 2.24) is 10.3 Å². The van der Waals surface area contributed by atoms with Crippen molar-refractivity contribution in [3.05, 3.63) is 82.9 Å². The first-order valence-electron chi connectivity index (χ1n) is 8.85. The molecular weight excluding hydrogens is 406 g/mol. The Hall–Kier alpha value is -3.22. The van der Waals surface area contributed by atoms with Crippen molar-refractivity contribution in [2.75, 3.05) is 5.32 Å². The molecular formula is C22H16ClN3O2S. The first-order chi connectivity index (χ1) is 14.0. The molecule has 0 unspecified atom stereocenters. The molecule has 4 aromatic rings. The van der Waals surface area contributed by atoms with Crippen LogP contribution in [0, 0.1) is 6.92 Å². The van der Waals surface area contributed by atoms with E-state index in [9.17, 15) is 4.79 Å². The summed E-state index contributed by atoms with van der Waals surface area (Å²) in [5.41, 5.74) is 4.13. The van der Waals surface area contributed by atoms with Crippen LogP contribution in [-0.4, -0.2) is 16.0 Å². The number of hydrogen-bond acceptors (Lipinski definition) is 4. The van der Waals surface area contributed by atoms with Crippen molar-refractivity contribution in [2.24, 2.45) is 0 Å². The lowest BCUT2D eigenvalue weighted by Crippen LogP contribution is -2.34. The van der Waals surface area contributed by atoms with Crippen LogP contribution in [0.1, 0.15) is 15.9 Å². The van der Waals surface area contributed by atoms with E-state index in [-0.39, 0.29) is 11.0 Å². The number of amides is 1. The monoisotopic (exact) mass is 421 g/mol. The van der Waals surface area contributed by atoms with Crippen molar-refractivity contribution < 1.29 is 9.21 Å². The van der Waals surface area contributed by atoms with Crippen molar-refractivity contribution in [2.45, 2.75) is 6.92 Å². The Morgan fingerprint density at radius 3 is 2.62 bits per heavy atom. The number of oxazole rings is 1. The van der Waals surface area contributed by atoms with Gasteiger partial charge < -0.3 is 9.73 Å². The van der Waals surface area contributed by atoms with Crippen LogP contribution in [0.3, 0.4) is 0 Å². The van der Waals surface area contributed by atoms with E-state index in [1.807, 2.05) is 55.5 Å². The molecule has 0 bridgehead atoms. The summed E-state index contributed by atoms with van der Waals surface area (Å²) < 4.78 is 5.86. The number of carbonyl (C=O) groups excluding carboxylic acids is 1. The van der Waals surface area contributed by atoms with Gasteiger partial charge in [0.2, 0.25) is 5.89 Å². The number of carbonyl (C=O) groups is 1. The predicted octanol–water partition coefficient (Wildman–Crippen LogP) is 5.58. The molecule has 2 N–H and O–H groups in total. The maximum atomic E-state index is 12.4. The minimum atomic E-state index is -0.262. The number of halogens is 1. The fourth-order valence-corrected chi connectivity index (χ4v) is 3.34. The van der Waals surface area contributed by atoms with Crippen molar-refractivity contribution in [3.8, 4) is 11.5 Å². The minimum Gasteiger partial charge on any atom is -0.436 e. The molecule has 1 heterocycles. The molecule has 0 saturated heterocycles. The van der Waals surface area contributed by atoms with Gasteiger partial charge in [-0.15, -0.1) is 0 Å². The number of aromatic nitrogens is 1. The number of rotatable bonds is 3. The van der Waals surface area contributed by atoms with E-state index in [1.54, 1.807) is 18.2 Å². The number of benzene rings is 3. The molecule has 0 radical (unpaired) electrons. The Morgan fingerprint density at radius 2 is 1.83 bits per heavy atom. The second-order valence-electron chi connectivity index (χ2n) is 6.40. The molecule has 0 atom stereocenters. The first kappa shape index (κ1) is 19.1. The number of nitrogens with one attached hydrogen (secondary N) is 2. The van der Waals surface area contributed by atoms with Crippen molar-refractivity contribution >= 4 is 51.6 Å². The Labute approximate surface area is 177 Å². The molecule has 0 aliphatic rings. The second-order valence-corrected chi connectivity index (χ2v) is 7.22. The van der Waals surface area contributed by atoms with Crippen molar-refractivity contribution in [1.29, 1.82) is 0 Å². The molecule has 0 aliphatic heterocycles. The third-order valence-electron chi connectivity index (χ3n) is 4.37. The SMILES string of the molecule is Cc1ccccc1C(=O)NC(=S)Nc1ccc2nc(-c3ccccc3Cl)oc2c1. The van der Waals surface area contributed by atoms with E-state index < -0.39 is 0 Å². The average molecular weight is 422 g/mol. The van der Waals surface area contributed by atoms with Crippen LogP contribution < -0.4 is 10.6 Å². The summed E-state index contributed by atoms with van der Waals surface area (Å²) in [5.74, 6) is 0.181. The molecule has 7 heteroatoms. The highest BCUT2D eigenvalue weighted by atomic mass is 35.5. The van der Waals surface area contributed by atoms with Gasteiger partial charge in [0.05, 0.1) is 10.6 Å². The van der Waals surface area contributed by atoms with Gasteiger partial charge >= 0.3 is 0 Å². The van der Waals surface area contributed by atoms with Gasteiger partial charge in [-0.2, -0.15) is 0 Å². The maximum absolute atomic E-state index is 12.4. The quantitative estimate of drug-likeness (QED) is 0.422. The largest absolute Gasteiger partial charge is 0.436 e. The third kappa shape index (κ3) is 4.13. The molecule has 29 heavy (non-hydrogen) atoms. The van der Waals surface area contributed by atoms with E-state index >= 15 is 0 Å². The predicted molar refractivity (Wildman–Crippen MR) is 119 cm³/mol. The average Bonchev–Trinajstić information content (AvgIpc) is 3.11. The zero-order valence-electron chi connectivity index (χ0n) is 15.4. The zero-order chi connectivity index (χ0) is 20.4.